The summed E-state index contributed by atoms with van der Waals surface area (Å²) in [5.74, 6) is -0.286. The van der Waals surface area contributed by atoms with Crippen LogP contribution in [0.1, 0.15) is 21.5 Å². The van der Waals surface area contributed by atoms with Crippen LogP contribution in [0.15, 0.2) is 60.2 Å². The average Bonchev–Trinajstić information content (AvgIpc) is 3.39. The van der Waals surface area contributed by atoms with Gasteiger partial charge in [0.25, 0.3) is 0 Å². The van der Waals surface area contributed by atoms with Crippen LogP contribution in [-0.2, 0) is 11.2 Å². The molecule has 0 amide bonds. The fourth-order valence-corrected chi connectivity index (χ4v) is 4.51. The van der Waals surface area contributed by atoms with Crippen molar-refractivity contribution >= 4 is 40.1 Å². The van der Waals surface area contributed by atoms with Crippen molar-refractivity contribution in [2.24, 2.45) is 0 Å². The molecule has 1 heterocycles. The van der Waals surface area contributed by atoms with Gasteiger partial charge in [-0.1, -0.05) is 6.07 Å². The number of benzene rings is 3. The fraction of sp³-hybridized carbons (Fsp3) is 0.185. The molecule has 1 aromatic heterocycles. The van der Waals surface area contributed by atoms with Gasteiger partial charge in [0.05, 0.1) is 46.1 Å². The van der Waals surface area contributed by atoms with Gasteiger partial charge >= 0.3 is 29.6 Å². The van der Waals surface area contributed by atoms with Crippen LogP contribution >= 0.6 is 11.7 Å². The Bertz CT molecular complexity index is 1470. The van der Waals surface area contributed by atoms with E-state index < -0.39 is 11.8 Å². The third-order valence-electron chi connectivity index (χ3n) is 5.78. The summed E-state index contributed by atoms with van der Waals surface area (Å²) in [7, 11) is 5.95. The predicted molar refractivity (Wildman–Crippen MR) is 136 cm³/mol. The topological polar surface area (TPSA) is 120 Å². The molecule has 38 heavy (non-hydrogen) atoms. The quantitative estimate of drug-likeness (QED) is 0.159. The minimum atomic E-state index is -1.49. The Balaban J connectivity index is 0.00000400. The van der Waals surface area contributed by atoms with E-state index in [-0.39, 0.29) is 52.7 Å². The number of ketones is 1. The zero-order valence-corrected chi connectivity index (χ0v) is 24.4. The molecule has 0 radical (unpaired) electrons. The Morgan fingerprint density at radius 3 is 1.95 bits per heavy atom. The van der Waals surface area contributed by atoms with Crippen molar-refractivity contribution in [3.63, 3.8) is 0 Å². The number of hydrogen-bond donors (Lipinski definition) is 0. The first-order valence-electron chi connectivity index (χ1n) is 11.0. The molecule has 190 valence electrons. The Morgan fingerprint density at radius 2 is 1.39 bits per heavy atom. The third kappa shape index (κ3) is 5.99. The van der Waals surface area contributed by atoms with E-state index in [4.69, 9.17) is 18.9 Å². The van der Waals surface area contributed by atoms with Gasteiger partial charge in [-0.15, -0.1) is 0 Å². The monoisotopic (exact) mass is 542 g/mol. The second-order valence-corrected chi connectivity index (χ2v) is 8.41. The maximum absolute atomic E-state index is 13.8. The average molecular weight is 543 g/mol. The fourth-order valence-electron chi connectivity index (χ4n) is 3.99. The van der Waals surface area contributed by atoms with Crippen LogP contribution in [0.3, 0.4) is 0 Å². The van der Waals surface area contributed by atoms with Crippen LogP contribution in [0.4, 0.5) is 0 Å². The number of carbonyl (C=O) groups is 2. The van der Waals surface area contributed by atoms with Crippen molar-refractivity contribution in [3.05, 3.63) is 76.9 Å². The number of ether oxygens (including phenoxy) is 4. The van der Waals surface area contributed by atoms with Gasteiger partial charge in [-0.05, 0) is 59.7 Å². The molecule has 0 aliphatic heterocycles. The van der Waals surface area contributed by atoms with E-state index in [1.165, 1.54) is 28.4 Å². The van der Waals surface area contributed by atoms with E-state index in [1.54, 1.807) is 54.6 Å². The Labute approximate surface area is 245 Å². The van der Waals surface area contributed by atoms with Crippen LogP contribution in [-0.4, -0.2) is 48.9 Å². The normalized spacial score (nSPS) is 11.3. The summed E-state index contributed by atoms with van der Waals surface area (Å²) in [6.07, 6.45) is -0.0573. The van der Waals surface area contributed by atoms with E-state index in [9.17, 15) is 14.7 Å². The van der Waals surface area contributed by atoms with E-state index in [1.807, 2.05) is 0 Å². The van der Waals surface area contributed by atoms with E-state index in [2.05, 4.69) is 8.75 Å². The minimum Gasteiger partial charge on any atom is -0.545 e. The van der Waals surface area contributed by atoms with Crippen LogP contribution in [0, 0.1) is 0 Å². The maximum Gasteiger partial charge on any atom is 1.00 e. The van der Waals surface area contributed by atoms with Gasteiger partial charge < -0.3 is 28.8 Å². The molecular formula is C27H23N2NaO7S. The number of methoxy groups -OCH3 is 4. The number of allylic oxidation sites excluding steroid dienone is 1. The molecule has 0 atom stereocenters. The van der Waals surface area contributed by atoms with Gasteiger partial charge in [-0.25, -0.2) is 0 Å². The van der Waals surface area contributed by atoms with Crippen molar-refractivity contribution in [3.8, 4) is 23.0 Å². The number of fused-ring (bicyclic) bond motifs is 1. The van der Waals surface area contributed by atoms with Gasteiger partial charge in [0, 0.05) is 23.1 Å². The Morgan fingerprint density at radius 1 is 0.789 bits per heavy atom. The molecule has 0 bridgehead atoms. The number of aliphatic carboxylic acids is 1. The molecule has 4 rings (SSSR count). The van der Waals surface area contributed by atoms with Gasteiger partial charge in [0.15, 0.2) is 17.3 Å². The molecule has 0 N–H and O–H groups in total. The van der Waals surface area contributed by atoms with E-state index in [0.717, 1.165) is 11.7 Å². The molecule has 0 saturated heterocycles. The molecule has 9 nitrogen and oxygen atoms in total. The standard InChI is InChI=1S/C27H24N2O7S.Na/c1-33-18-8-5-16(6-9-18)25(30)19(11-15-12-22(34-2)26(36-4)23(13-15)35-3)24(27(31)32)17-7-10-20-21(14-17)29-37-28-20;/h5-10,12-14H,11H2,1-4H3,(H,31,32);/q;+1/p-1/b24-19+;. The molecular weight excluding hydrogens is 519 g/mol. The zero-order chi connectivity index (χ0) is 26.5. The van der Waals surface area contributed by atoms with Crippen LogP contribution in [0.25, 0.3) is 16.6 Å². The first kappa shape index (κ1) is 29.1. The van der Waals surface area contributed by atoms with Gasteiger partial charge in [-0.3, -0.25) is 4.79 Å². The van der Waals surface area contributed by atoms with Gasteiger partial charge in [0.2, 0.25) is 5.75 Å². The van der Waals surface area contributed by atoms with Crippen molar-refractivity contribution in [1.82, 2.24) is 8.75 Å². The second kappa shape index (κ2) is 12.9. The third-order valence-corrected chi connectivity index (χ3v) is 6.34. The SMILES string of the molecule is COc1ccc(C(=O)/C(Cc2cc(OC)c(OC)c(OC)c2)=C(/C(=O)[O-])c2ccc3nsnc3c2)cc1.[Na+]. The Kier molecular flexibility index (Phi) is 9.87. The summed E-state index contributed by atoms with van der Waals surface area (Å²) in [4.78, 5) is 26.4. The summed E-state index contributed by atoms with van der Waals surface area (Å²) in [5, 5.41) is 12.5. The van der Waals surface area contributed by atoms with Crippen LogP contribution < -0.4 is 53.6 Å². The number of carboxylic acids is 1. The van der Waals surface area contributed by atoms with Crippen molar-refractivity contribution in [2.45, 2.75) is 6.42 Å². The van der Waals surface area contributed by atoms with Gasteiger partial charge in [0.1, 0.15) is 16.8 Å². The van der Waals surface area contributed by atoms with Crippen molar-refractivity contribution in [1.29, 1.82) is 0 Å². The van der Waals surface area contributed by atoms with E-state index >= 15 is 0 Å². The summed E-state index contributed by atoms with van der Waals surface area (Å²) in [5.41, 5.74) is 2.06. The zero-order valence-electron chi connectivity index (χ0n) is 21.6. The number of hydrogen-bond acceptors (Lipinski definition) is 10. The number of Topliss-reactive ketones (excluding diaryl/α,β-unsaturated/α-hetero) is 1. The van der Waals surface area contributed by atoms with Gasteiger partial charge in [-0.2, -0.15) is 8.75 Å². The summed E-state index contributed by atoms with van der Waals surface area (Å²) in [6, 6.07) is 14.6. The second-order valence-electron chi connectivity index (χ2n) is 7.88. The van der Waals surface area contributed by atoms with Crippen LogP contribution in [0.5, 0.6) is 23.0 Å². The Hall–Kier alpha value is -3.44. The number of carbonyl (C=O) groups excluding carboxylic acids is 2. The molecule has 0 aliphatic rings. The molecule has 0 spiro atoms. The number of aromatic nitrogens is 2. The first-order valence-corrected chi connectivity index (χ1v) is 11.8. The molecule has 4 aromatic rings. The van der Waals surface area contributed by atoms with Crippen molar-refractivity contribution < 1.29 is 63.2 Å². The molecule has 3 aromatic carbocycles. The first-order chi connectivity index (χ1) is 17.9. The molecule has 0 aliphatic carbocycles. The molecule has 0 unspecified atom stereocenters. The van der Waals surface area contributed by atoms with Crippen LogP contribution in [0.2, 0.25) is 0 Å². The molecule has 0 saturated carbocycles. The summed E-state index contributed by atoms with van der Waals surface area (Å²) < 4.78 is 29.8. The number of nitrogens with zero attached hydrogens (tertiary/aromatic N) is 2. The minimum absolute atomic E-state index is 0. The predicted octanol–water partition coefficient (Wildman–Crippen LogP) is 0.359. The number of rotatable bonds is 10. The van der Waals surface area contributed by atoms with E-state index in [0.29, 0.717) is 45.2 Å². The summed E-state index contributed by atoms with van der Waals surface area (Å²) >= 11 is 1.01. The van der Waals surface area contributed by atoms with Crippen molar-refractivity contribution in [2.75, 3.05) is 28.4 Å². The molecule has 0 fully saturated rings. The number of carboxylic acid groups (broad SMARTS) is 1. The largest absolute Gasteiger partial charge is 1.00 e. The maximum atomic E-state index is 13.8. The molecule has 11 heteroatoms. The smallest absolute Gasteiger partial charge is 0.545 e. The summed E-state index contributed by atoms with van der Waals surface area (Å²) in [6.45, 7) is 0.